The first kappa shape index (κ1) is 20.3. The van der Waals surface area contributed by atoms with E-state index in [9.17, 15) is 18.0 Å². The Kier molecular flexibility index (Phi) is 6.74. The molecule has 2 rings (SSSR count). The average molecular weight is 384 g/mol. The number of ether oxygens (including phenoxy) is 1. The van der Waals surface area contributed by atoms with E-state index in [-0.39, 0.29) is 36.3 Å². The van der Waals surface area contributed by atoms with Crippen molar-refractivity contribution in [1.29, 1.82) is 0 Å². The zero-order valence-electron chi connectivity index (χ0n) is 14.8. The summed E-state index contributed by atoms with van der Waals surface area (Å²) in [4.78, 5) is 25.0. The number of carbonyl (C=O) groups excluding carboxylic acids is 1. The van der Waals surface area contributed by atoms with E-state index in [4.69, 9.17) is 9.84 Å². The van der Waals surface area contributed by atoms with E-state index in [1.54, 1.807) is 0 Å². The van der Waals surface area contributed by atoms with Crippen LogP contribution < -0.4 is 4.72 Å². The fraction of sp³-hybridized carbons (Fsp3) is 0.529. The molecule has 0 aromatic heterocycles. The Labute approximate surface area is 153 Å². The Bertz CT molecular complexity index is 745. The Morgan fingerprint density at radius 1 is 1.31 bits per heavy atom. The van der Waals surface area contributed by atoms with Gasteiger partial charge in [0.25, 0.3) is 5.91 Å². The number of amides is 1. The maximum atomic E-state index is 12.6. The van der Waals surface area contributed by atoms with E-state index >= 15 is 0 Å². The van der Waals surface area contributed by atoms with Gasteiger partial charge in [-0.15, -0.1) is 0 Å². The third kappa shape index (κ3) is 5.52. The summed E-state index contributed by atoms with van der Waals surface area (Å²) in [6.07, 6.45) is -0.701. The molecule has 8 nitrogen and oxygen atoms in total. The van der Waals surface area contributed by atoms with Crippen LogP contribution in [0.4, 0.5) is 0 Å². The second kappa shape index (κ2) is 8.61. The number of hydrogen-bond donors (Lipinski definition) is 2. The molecule has 0 radical (unpaired) electrons. The van der Waals surface area contributed by atoms with Crippen LogP contribution in [-0.2, 0) is 19.6 Å². The molecule has 1 heterocycles. The summed E-state index contributed by atoms with van der Waals surface area (Å²) in [5, 5.41) is 8.85. The first-order chi connectivity index (χ1) is 12.2. The lowest BCUT2D eigenvalue weighted by molar-refractivity contribution is -0.141. The molecule has 1 saturated heterocycles. The van der Waals surface area contributed by atoms with Crippen LogP contribution in [-0.4, -0.2) is 62.6 Å². The predicted octanol–water partition coefficient (Wildman–Crippen LogP) is 0.937. The lowest BCUT2D eigenvalue weighted by atomic mass is 10.1. The number of benzene rings is 1. The second-order valence-electron chi connectivity index (χ2n) is 6.61. The second-order valence-corrected chi connectivity index (χ2v) is 8.38. The number of nitrogens with zero attached hydrogens (tertiary/aromatic N) is 1. The van der Waals surface area contributed by atoms with E-state index < -0.39 is 22.1 Å². The summed E-state index contributed by atoms with van der Waals surface area (Å²) in [6.45, 7) is 4.98. The van der Waals surface area contributed by atoms with Crippen LogP contribution in [0.25, 0.3) is 0 Å². The van der Waals surface area contributed by atoms with Crippen molar-refractivity contribution in [2.75, 3.05) is 26.2 Å². The maximum absolute atomic E-state index is 12.6. The highest BCUT2D eigenvalue weighted by molar-refractivity contribution is 7.89. The van der Waals surface area contributed by atoms with Crippen LogP contribution in [0.5, 0.6) is 0 Å². The molecule has 1 atom stereocenters. The number of hydrogen-bond acceptors (Lipinski definition) is 5. The number of carboxylic acids is 1. The molecule has 2 N–H and O–H groups in total. The molecule has 1 aromatic carbocycles. The van der Waals surface area contributed by atoms with E-state index in [0.717, 1.165) is 0 Å². The zero-order chi connectivity index (χ0) is 19.3. The van der Waals surface area contributed by atoms with Crippen LogP contribution >= 0.6 is 0 Å². The standard InChI is InChI=1S/C17H24N2O6S/c1-12(2)10-18-26(23,24)15-5-3-13(4-6-15)17(22)19-7-8-25-14(11-19)9-16(20)21/h3-6,12,14,18H,7-11H2,1-2H3,(H,20,21). The van der Waals surface area contributed by atoms with Gasteiger partial charge in [0.2, 0.25) is 10.0 Å². The molecule has 1 aromatic rings. The number of carbonyl (C=O) groups is 2. The van der Waals surface area contributed by atoms with Crippen molar-refractivity contribution < 1.29 is 27.9 Å². The van der Waals surface area contributed by atoms with Crippen LogP contribution in [0.3, 0.4) is 0 Å². The van der Waals surface area contributed by atoms with Gasteiger partial charge < -0.3 is 14.7 Å². The van der Waals surface area contributed by atoms with E-state index in [0.29, 0.717) is 18.7 Å². The summed E-state index contributed by atoms with van der Waals surface area (Å²) in [7, 11) is -3.61. The Morgan fingerprint density at radius 3 is 2.54 bits per heavy atom. The predicted molar refractivity (Wildman–Crippen MR) is 94.4 cm³/mol. The van der Waals surface area contributed by atoms with Gasteiger partial charge in [-0.3, -0.25) is 9.59 Å². The van der Waals surface area contributed by atoms with E-state index in [1.165, 1.54) is 29.2 Å². The minimum absolute atomic E-state index is 0.0976. The lowest BCUT2D eigenvalue weighted by Crippen LogP contribution is -2.46. The molecule has 9 heteroatoms. The van der Waals surface area contributed by atoms with Crippen LogP contribution in [0.15, 0.2) is 29.2 Å². The highest BCUT2D eigenvalue weighted by Gasteiger charge is 2.27. The molecular formula is C17H24N2O6S. The third-order valence-corrected chi connectivity index (χ3v) is 5.36. The fourth-order valence-electron chi connectivity index (χ4n) is 2.54. The zero-order valence-corrected chi connectivity index (χ0v) is 15.7. The molecule has 144 valence electrons. The highest BCUT2D eigenvalue weighted by Crippen LogP contribution is 2.15. The number of sulfonamides is 1. The van der Waals surface area contributed by atoms with Gasteiger partial charge in [0.05, 0.1) is 24.0 Å². The molecule has 1 aliphatic heterocycles. The Morgan fingerprint density at radius 2 is 1.96 bits per heavy atom. The summed E-state index contributed by atoms with van der Waals surface area (Å²) in [5.74, 6) is -1.07. The van der Waals surface area contributed by atoms with Gasteiger partial charge in [0.1, 0.15) is 0 Å². The summed E-state index contributed by atoms with van der Waals surface area (Å²) >= 11 is 0. The van der Waals surface area contributed by atoms with Crippen LogP contribution in [0, 0.1) is 5.92 Å². The summed E-state index contributed by atoms with van der Waals surface area (Å²) in [6, 6.07) is 5.72. The number of rotatable bonds is 7. The lowest BCUT2D eigenvalue weighted by Gasteiger charge is -2.32. The van der Waals surface area contributed by atoms with Crippen molar-refractivity contribution in [2.45, 2.75) is 31.3 Å². The molecule has 1 aliphatic rings. The first-order valence-corrected chi connectivity index (χ1v) is 9.89. The smallest absolute Gasteiger partial charge is 0.306 e. The van der Waals surface area contributed by atoms with Crippen LogP contribution in [0.2, 0.25) is 0 Å². The largest absolute Gasteiger partial charge is 0.481 e. The third-order valence-electron chi connectivity index (χ3n) is 3.92. The SMILES string of the molecule is CC(C)CNS(=O)(=O)c1ccc(C(=O)N2CCOC(CC(=O)O)C2)cc1. The quantitative estimate of drug-likeness (QED) is 0.723. The highest BCUT2D eigenvalue weighted by atomic mass is 32.2. The summed E-state index contributed by atoms with van der Waals surface area (Å²) < 4.78 is 32.2. The molecule has 0 saturated carbocycles. The summed E-state index contributed by atoms with van der Waals surface area (Å²) in [5.41, 5.74) is 0.351. The van der Waals surface area contributed by atoms with Crippen molar-refractivity contribution in [1.82, 2.24) is 9.62 Å². The number of nitrogens with one attached hydrogen (secondary N) is 1. The van der Waals surface area contributed by atoms with Crippen molar-refractivity contribution >= 4 is 21.9 Å². The van der Waals surface area contributed by atoms with Gasteiger partial charge in [-0.2, -0.15) is 0 Å². The molecule has 1 fully saturated rings. The van der Waals surface area contributed by atoms with Gasteiger partial charge in [-0.1, -0.05) is 13.8 Å². The molecule has 0 spiro atoms. The van der Waals surface area contributed by atoms with E-state index in [2.05, 4.69) is 4.72 Å². The van der Waals surface area contributed by atoms with Gasteiger partial charge in [-0.05, 0) is 30.2 Å². The monoisotopic (exact) mass is 384 g/mol. The maximum Gasteiger partial charge on any atom is 0.306 e. The topological polar surface area (TPSA) is 113 Å². The van der Waals surface area contributed by atoms with Crippen molar-refractivity contribution in [3.8, 4) is 0 Å². The minimum Gasteiger partial charge on any atom is -0.481 e. The molecule has 26 heavy (non-hydrogen) atoms. The van der Waals surface area contributed by atoms with Crippen molar-refractivity contribution in [3.63, 3.8) is 0 Å². The van der Waals surface area contributed by atoms with Crippen molar-refractivity contribution in [3.05, 3.63) is 29.8 Å². The number of carboxylic acid groups (broad SMARTS) is 1. The first-order valence-electron chi connectivity index (χ1n) is 8.41. The molecule has 0 aliphatic carbocycles. The normalized spacial score (nSPS) is 18.1. The fourth-order valence-corrected chi connectivity index (χ4v) is 3.75. The van der Waals surface area contributed by atoms with Gasteiger partial charge in [0.15, 0.2) is 0 Å². The van der Waals surface area contributed by atoms with Gasteiger partial charge in [0, 0.05) is 25.2 Å². The molecule has 1 amide bonds. The molecule has 0 bridgehead atoms. The molecule has 1 unspecified atom stereocenters. The van der Waals surface area contributed by atoms with E-state index in [1.807, 2.05) is 13.8 Å². The Balaban J connectivity index is 2.05. The van der Waals surface area contributed by atoms with Gasteiger partial charge in [-0.25, -0.2) is 13.1 Å². The van der Waals surface area contributed by atoms with Gasteiger partial charge >= 0.3 is 5.97 Å². The van der Waals surface area contributed by atoms with Crippen LogP contribution in [0.1, 0.15) is 30.6 Å². The average Bonchev–Trinajstić information content (AvgIpc) is 2.59. The number of morpholine rings is 1. The minimum atomic E-state index is -3.61. The number of aliphatic carboxylic acids is 1. The molecular weight excluding hydrogens is 360 g/mol. The van der Waals surface area contributed by atoms with Crippen molar-refractivity contribution in [2.24, 2.45) is 5.92 Å². The Hall–Kier alpha value is -1.97.